The summed E-state index contributed by atoms with van der Waals surface area (Å²) >= 11 is 1.34. The van der Waals surface area contributed by atoms with Gasteiger partial charge in [-0.05, 0) is 43.3 Å². The molecule has 30 heavy (non-hydrogen) atoms. The lowest BCUT2D eigenvalue weighted by atomic mass is 10.2. The largest absolute Gasteiger partial charge is 0.422 e. The Morgan fingerprint density at radius 2 is 1.87 bits per heavy atom. The molecule has 0 unspecified atom stereocenters. The second kappa shape index (κ2) is 8.71. The van der Waals surface area contributed by atoms with Gasteiger partial charge in [0, 0.05) is 29.2 Å². The van der Waals surface area contributed by atoms with Crippen molar-refractivity contribution in [1.82, 2.24) is 20.1 Å². The molecule has 0 aliphatic heterocycles. The van der Waals surface area contributed by atoms with Crippen LogP contribution in [0.2, 0.25) is 0 Å². The quantitative estimate of drug-likeness (QED) is 0.378. The van der Waals surface area contributed by atoms with Crippen LogP contribution in [-0.2, 0) is 0 Å². The number of carbonyl (C=O) groups excluding carboxylic acids is 2. The molecule has 0 bridgehead atoms. The van der Waals surface area contributed by atoms with Gasteiger partial charge in [-0.15, -0.1) is 11.3 Å². The molecule has 0 radical (unpaired) electrons. The molecule has 0 fully saturated rings. The predicted octanol–water partition coefficient (Wildman–Crippen LogP) is 3.96. The van der Waals surface area contributed by atoms with Crippen molar-refractivity contribution in [3.8, 4) is 22.0 Å². The number of amides is 1. The van der Waals surface area contributed by atoms with E-state index < -0.39 is 5.97 Å². The zero-order valence-corrected chi connectivity index (χ0v) is 16.9. The first kappa shape index (κ1) is 19.5. The highest BCUT2D eigenvalue weighted by Crippen LogP contribution is 2.25. The maximum absolute atomic E-state index is 12.4. The topological polar surface area (TPSA) is 86.1 Å². The summed E-state index contributed by atoms with van der Waals surface area (Å²) in [7, 11) is 0. The fourth-order valence-electron chi connectivity index (χ4n) is 2.75. The van der Waals surface area contributed by atoms with Gasteiger partial charge in [-0.2, -0.15) is 5.10 Å². The molecule has 8 heteroatoms. The highest BCUT2D eigenvalue weighted by Gasteiger charge is 2.16. The van der Waals surface area contributed by atoms with Crippen LogP contribution in [0.4, 0.5) is 0 Å². The average Bonchev–Trinajstić information content (AvgIpc) is 3.45. The minimum Gasteiger partial charge on any atom is -0.422 e. The van der Waals surface area contributed by atoms with Crippen LogP contribution in [0, 0.1) is 0 Å². The zero-order valence-electron chi connectivity index (χ0n) is 16.1. The molecule has 0 aliphatic rings. The van der Waals surface area contributed by atoms with Crippen LogP contribution in [0.1, 0.15) is 27.8 Å². The van der Waals surface area contributed by atoms with Gasteiger partial charge in [0.1, 0.15) is 10.8 Å². The van der Waals surface area contributed by atoms with Gasteiger partial charge < -0.3 is 10.1 Å². The third-order valence-electron chi connectivity index (χ3n) is 4.23. The molecule has 0 spiro atoms. The summed E-state index contributed by atoms with van der Waals surface area (Å²) in [4.78, 5) is 28.6. The van der Waals surface area contributed by atoms with E-state index in [9.17, 15) is 9.59 Å². The predicted molar refractivity (Wildman–Crippen MR) is 114 cm³/mol. The van der Waals surface area contributed by atoms with Gasteiger partial charge >= 0.3 is 5.97 Å². The lowest BCUT2D eigenvalue weighted by Gasteiger charge is -2.04. The van der Waals surface area contributed by atoms with Gasteiger partial charge in [0.2, 0.25) is 0 Å². The van der Waals surface area contributed by atoms with E-state index in [2.05, 4.69) is 15.4 Å². The zero-order chi connectivity index (χ0) is 20.9. The van der Waals surface area contributed by atoms with E-state index in [1.807, 2.05) is 43.5 Å². The van der Waals surface area contributed by atoms with Gasteiger partial charge in [0.25, 0.3) is 5.91 Å². The molecule has 0 saturated heterocycles. The summed E-state index contributed by atoms with van der Waals surface area (Å²) < 4.78 is 7.13. The number of benzene rings is 2. The SMILES string of the molecule is CCNC(=O)c1ccc(OC(=O)c2csc(-c3cnn(-c4ccccc4)c3)n2)cc1. The standard InChI is InChI=1S/C22H18N4O3S/c1-2-23-20(27)15-8-10-18(11-9-15)29-22(28)19-14-30-21(25-19)16-12-24-26(13-16)17-6-4-3-5-7-17/h3-14H,2H2,1H3,(H,23,27). The lowest BCUT2D eigenvalue weighted by molar-refractivity contribution is 0.0729. The van der Waals surface area contributed by atoms with Crippen molar-refractivity contribution < 1.29 is 14.3 Å². The van der Waals surface area contributed by atoms with E-state index in [1.54, 1.807) is 40.5 Å². The molecular weight excluding hydrogens is 400 g/mol. The van der Waals surface area contributed by atoms with Crippen LogP contribution in [0.25, 0.3) is 16.3 Å². The van der Waals surface area contributed by atoms with Crippen molar-refractivity contribution in [1.29, 1.82) is 0 Å². The number of aromatic nitrogens is 3. The Labute approximate surface area is 177 Å². The molecule has 0 aliphatic carbocycles. The second-order valence-electron chi connectivity index (χ2n) is 6.32. The van der Waals surface area contributed by atoms with Crippen molar-refractivity contribution in [2.24, 2.45) is 0 Å². The van der Waals surface area contributed by atoms with E-state index >= 15 is 0 Å². The molecule has 7 nitrogen and oxygen atoms in total. The van der Waals surface area contributed by atoms with E-state index in [-0.39, 0.29) is 11.6 Å². The molecule has 2 aromatic heterocycles. The van der Waals surface area contributed by atoms with Gasteiger partial charge in [0.05, 0.1) is 11.9 Å². The molecule has 4 rings (SSSR count). The summed E-state index contributed by atoms with van der Waals surface area (Å²) in [6.45, 7) is 2.40. The van der Waals surface area contributed by atoms with Crippen molar-refractivity contribution in [3.63, 3.8) is 0 Å². The van der Waals surface area contributed by atoms with Crippen LogP contribution < -0.4 is 10.1 Å². The van der Waals surface area contributed by atoms with Crippen LogP contribution in [0.3, 0.4) is 0 Å². The first-order chi connectivity index (χ1) is 14.6. The maximum Gasteiger partial charge on any atom is 0.363 e. The minimum atomic E-state index is -0.557. The number of nitrogens with one attached hydrogen (secondary N) is 1. The monoisotopic (exact) mass is 418 g/mol. The molecule has 0 saturated carbocycles. The Balaban J connectivity index is 1.44. The normalized spacial score (nSPS) is 10.6. The van der Waals surface area contributed by atoms with Crippen LogP contribution in [0.5, 0.6) is 5.75 Å². The van der Waals surface area contributed by atoms with Gasteiger partial charge in [-0.1, -0.05) is 18.2 Å². The minimum absolute atomic E-state index is 0.171. The maximum atomic E-state index is 12.4. The molecule has 0 atom stereocenters. The Morgan fingerprint density at radius 3 is 2.60 bits per heavy atom. The first-order valence-electron chi connectivity index (χ1n) is 9.30. The molecule has 4 aromatic rings. The second-order valence-corrected chi connectivity index (χ2v) is 7.18. The van der Waals surface area contributed by atoms with Crippen molar-refractivity contribution in [3.05, 3.63) is 83.6 Å². The molecule has 2 aromatic carbocycles. The number of esters is 1. The summed E-state index contributed by atoms with van der Waals surface area (Å²) in [5, 5.41) is 9.40. The van der Waals surface area contributed by atoms with Gasteiger partial charge in [0.15, 0.2) is 5.69 Å². The number of hydrogen-bond donors (Lipinski definition) is 1. The van der Waals surface area contributed by atoms with Gasteiger partial charge in [-0.25, -0.2) is 14.5 Å². The summed E-state index contributed by atoms with van der Waals surface area (Å²) in [6, 6.07) is 16.1. The summed E-state index contributed by atoms with van der Waals surface area (Å²) in [5.41, 5.74) is 2.48. The Bertz CT molecular complexity index is 1170. The number of thiazole rings is 1. The van der Waals surface area contributed by atoms with Crippen molar-refractivity contribution >= 4 is 23.2 Å². The number of carbonyl (C=O) groups is 2. The molecule has 150 valence electrons. The highest BCUT2D eigenvalue weighted by atomic mass is 32.1. The Morgan fingerprint density at radius 1 is 1.10 bits per heavy atom. The number of ether oxygens (including phenoxy) is 1. The van der Waals surface area contributed by atoms with Crippen LogP contribution in [0.15, 0.2) is 72.4 Å². The molecule has 1 N–H and O–H groups in total. The van der Waals surface area contributed by atoms with E-state index in [0.717, 1.165) is 11.3 Å². The number of rotatable bonds is 6. The smallest absolute Gasteiger partial charge is 0.363 e. The Kier molecular flexibility index (Phi) is 5.67. The third kappa shape index (κ3) is 4.28. The fourth-order valence-corrected chi connectivity index (χ4v) is 3.52. The van der Waals surface area contributed by atoms with E-state index in [0.29, 0.717) is 22.9 Å². The number of hydrogen-bond acceptors (Lipinski definition) is 6. The third-order valence-corrected chi connectivity index (χ3v) is 5.12. The molecule has 2 heterocycles. The van der Waals surface area contributed by atoms with Crippen LogP contribution in [-0.4, -0.2) is 33.2 Å². The summed E-state index contributed by atoms with van der Waals surface area (Å²) in [6.07, 6.45) is 3.57. The van der Waals surface area contributed by atoms with Gasteiger partial charge in [-0.3, -0.25) is 4.79 Å². The van der Waals surface area contributed by atoms with Crippen molar-refractivity contribution in [2.45, 2.75) is 6.92 Å². The number of nitrogens with zero attached hydrogens (tertiary/aromatic N) is 3. The number of para-hydroxylation sites is 1. The van der Waals surface area contributed by atoms with E-state index in [4.69, 9.17) is 4.74 Å². The van der Waals surface area contributed by atoms with Crippen LogP contribution >= 0.6 is 11.3 Å². The molecular formula is C22H18N4O3S. The lowest BCUT2D eigenvalue weighted by Crippen LogP contribution is -2.22. The Hall–Kier alpha value is -3.78. The van der Waals surface area contributed by atoms with E-state index in [1.165, 1.54) is 11.3 Å². The van der Waals surface area contributed by atoms with Crippen molar-refractivity contribution in [2.75, 3.05) is 6.54 Å². The first-order valence-corrected chi connectivity index (χ1v) is 10.2. The fraction of sp³-hybridized carbons (Fsp3) is 0.0909. The molecule has 1 amide bonds. The average molecular weight is 418 g/mol. The highest BCUT2D eigenvalue weighted by molar-refractivity contribution is 7.13. The summed E-state index contributed by atoms with van der Waals surface area (Å²) in [5.74, 6) is -0.381.